The van der Waals surface area contributed by atoms with Crippen LogP contribution in [0.5, 0.6) is 0 Å². The van der Waals surface area contributed by atoms with Crippen LogP contribution < -0.4 is 10.0 Å². The molecule has 1 unspecified atom stereocenters. The van der Waals surface area contributed by atoms with Gasteiger partial charge in [0.25, 0.3) is 0 Å². The number of carboxylic acids is 1. The molecule has 118 valence electrons. The van der Waals surface area contributed by atoms with Gasteiger partial charge in [-0.25, -0.2) is 13.1 Å². The molecule has 0 aromatic heterocycles. The Morgan fingerprint density at radius 3 is 2.52 bits per heavy atom. The molecule has 1 aromatic rings. The van der Waals surface area contributed by atoms with Gasteiger partial charge in [0.15, 0.2) is 0 Å². The zero-order valence-electron chi connectivity index (χ0n) is 12.3. The van der Waals surface area contributed by atoms with Crippen LogP contribution in [0.15, 0.2) is 29.2 Å². The number of benzene rings is 1. The molecule has 3 N–H and O–H groups in total. The van der Waals surface area contributed by atoms with E-state index in [4.69, 9.17) is 5.11 Å². The van der Waals surface area contributed by atoms with Crippen LogP contribution in [0.1, 0.15) is 26.7 Å². The zero-order valence-corrected chi connectivity index (χ0v) is 13.1. The zero-order chi connectivity index (χ0) is 15.9. The third kappa shape index (κ3) is 5.35. The van der Waals surface area contributed by atoms with E-state index in [0.29, 0.717) is 25.2 Å². The third-order valence-electron chi connectivity index (χ3n) is 3.13. The second-order valence-corrected chi connectivity index (χ2v) is 6.49. The van der Waals surface area contributed by atoms with Gasteiger partial charge in [-0.2, -0.15) is 0 Å². The maximum atomic E-state index is 12.1. The minimum absolute atomic E-state index is 0.0441. The van der Waals surface area contributed by atoms with Crippen molar-refractivity contribution in [3.05, 3.63) is 24.3 Å². The topological polar surface area (TPSA) is 95.5 Å². The summed E-state index contributed by atoms with van der Waals surface area (Å²) in [6, 6.07) is 6.60. The molecule has 1 atom stereocenters. The molecule has 0 spiro atoms. The first-order valence-electron chi connectivity index (χ1n) is 6.95. The molecule has 0 saturated carbocycles. The Morgan fingerprint density at radius 2 is 1.95 bits per heavy atom. The first-order valence-corrected chi connectivity index (χ1v) is 8.43. The average molecular weight is 314 g/mol. The molecule has 21 heavy (non-hydrogen) atoms. The molecular formula is C14H22N2O4S. The van der Waals surface area contributed by atoms with Crippen molar-refractivity contribution in [1.29, 1.82) is 0 Å². The molecule has 0 aliphatic rings. The molecule has 0 heterocycles. The van der Waals surface area contributed by atoms with E-state index in [1.54, 1.807) is 25.1 Å². The Balaban J connectivity index is 2.87. The highest BCUT2D eigenvalue weighted by molar-refractivity contribution is 7.89. The van der Waals surface area contributed by atoms with Crippen LogP contribution in [0, 0.1) is 5.92 Å². The summed E-state index contributed by atoms with van der Waals surface area (Å²) < 4.78 is 26.7. The van der Waals surface area contributed by atoms with Crippen LogP contribution in [0.4, 0.5) is 5.69 Å². The lowest BCUT2D eigenvalue weighted by Gasteiger charge is -2.17. The number of carboxylic acid groups (broad SMARTS) is 1. The summed E-state index contributed by atoms with van der Waals surface area (Å²) in [6.07, 6.45) is 0.771. The number of rotatable bonds is 9. The Bertz CT molecular complexity index is 572. The van der Waals surface area contributed by atoms with Gasteiger partial charge in [-0.15, -0.1) is 0 Å². The fraction of sp³-hybridized carbons (Fsp3) is 0.500. The minimum Gasteiger partial charge on any atom is -0.481 e. The van der Waals surface area contributed by atoms with Gasteiger partial charge >= 0.3 is 5.97 Å². The molecule has 1 aromatic carbocycles. The minimum atomic E-state index is -3.55. The summed E-state index contributed by atoms with van der Waals surface area (Å²) >= 11 is 0. The van der Waals surface area contributed by atoms with Crippen LogP contribution in [0.2, 0.25) is 0 Å². The van der Waals surface area contributed by atoms with Gasteiger partial charge in [0.1, 0.15) is 4.90 Å². The number of sulfonamides is 1. The van der Waals surface area contributed by atoms with Crippen molar-refractivity contribution in [2.45, 2.75) is 31.6 Å². The second kappa shape index (κ2) is 7.99. The normalized spacial score (nSPS) is 12.9. The number of nitrogens with one attached hydrogen (secondary N) is 2. The summed E-state index contributed by atoms with van der Waals surface area (Å²) in [5.74, 6) is -0.894. The smallest absolute Gasteiger partial charge is 0.303 e. The van der Waals surface area contributed by atoms with Crippen molar-refractivity contribution in [3.8, 4) is 0 Å². The van der Waals surface area contributed by atoms with Crippen molar-refractivity contribution in [3.63, 3.8) is 0 Å². The van der Waals surface area contributed by atoms with Crippen LogP contribution in [0.3, 0.4) is 0 Å². The highest BCUT2D eigenvalue weighted by Gasteiger charge is 2.18. The molecule has 7 heteroatoms. The summed E-state index contributed by atoms with van der Waals surface area (Å²) in [4.78, 5) is 10.9. The summed E-state index contributed by atoms with van der Waals surface area (Å²) in [7, 11) is -3.55. The van der Waals surface area contributed by atoms with Gasteiger partial charge in [-0.3, -0.25) is 4.79 Å². The lowest BCUT2D eigenvalue weighted by atomic mass is 10.0. The van der Waals surface area contributed by atoms with E-state index in [-0.39, 0.29) is 17.2 Å². The molecule has 0 aliphatic carbocycles. The van der Waals surface area contributed by atoms with Gasteiger partial charge in [0, 0.05) is 19.5 Å². The fourth-order valence-electron chi connectivity index (χ4n) is 1.98. The first kappa shape index (κ1) is 17.5. The highest BCUT2D eigenvalue weighted by atomic mass is 32.2. The quantitative estimate of drug-likeness (QED) is 0.647. The Labute approximate surface area is 125 Å². The highest BCUT2D eigenvalue weighted by Crippen LogP contribution is 2.21. The van der Waals surface area contributed by atoms with Crippen molar-refractivity contribution >= 4 is 21.7 Å². The maximum absolute atomic E-state index is 12.1. The van der Waals surface area contributed by atoms with Crippen molar-refractivity contribution < 1.29 is 18.3 Å². The van der Waals surface area contributed by atoms with Gasteiger partial charge in [0.05, 0.1) is 5.69 Å². The Morgan fingerprint density at radius 1 is 1.29 bits per heavy atom. The monoisotopic (exact) mass is 314 g/mol. The van der Waals surface area contributed by atoms with E-state index in [1.165, 1.54) is 6.07 Å². The molecule has 1 rings (SSSR count). The van der Waals surface area contributed by atoms with Gasteiger partial charge in [-0.1, -0.05) is 32.4 Å². The van der Waals surface area contributed by atoms with E-state index in [9.17, 15) is 13.2 Å². The van der Waals surface area contributed by atoms with Crippen molar-refractivity contribution in [1.82, 2.24) is 4.72 Å². The van der Waals surface area contributed by atoms with Crippen LogP contribution in [-0.4, -0.2) is 32.6 Å². The lowest BCUT2D eigenvalue weighted by Crippen LogP contribution is -2.25. The molecule has 0 amide bonds. The lowest BCUT2D eigenvalue weighted by molar-refractivity contribution is -0.138. The number of para-hydroxylation sites is 1. The largest absolute Gasteiger partial charge is 0.481 e. The number of hydrogen-bond acceptors (Lipinski definition) is 4. The second-order valence-electron chi connectivity index (χ2n) is 4.75. The predicted molar refractivity (Wildman–Crippen MR) is 81.8 cm³/mol. The summed E-state index contributed by atoms with van der Waals surface area (Å²) in [6.45, 7) is 4.36. The average Bonchev–Trinajstić information content (AvgIpc) is 2.43. The standard InChI is InChI=1S/C14H22N2O4S/c1-3-11(9-14(17)18)10-15-12-7-5-6-8-13(12)21(19,20)16-4-2/h5-8,11,15-16H,3-4,9-10H2,1-2H3,(H,17,18). The molecule has 0 radical (unpaired) electrons. The van der Waals surface area contributed by atoms with Crippen molar-refractivity contribution in [2.24, 2.45) is 5.92 Å². The molecule has 0 fully saturated rings. The molecule has 0 bridgehead atoms. The fourth-order valence-corrected chi connectivity index (χ4v) is 3.20. The predicted octanol–water partition coefficient (Wildman–Crippen LogP) is 1.90. The van der Waals surface area contributed by atoms with E-state index >= 15 is 0 Å². The van der Waals surface area contributed by atoms with Crippen LogP contribution in [-0.2, 0) is 14.8 Å². The third-order valence-corrected chi connectivity index (χ3v) is 4.74. The summed E-state index contributed by atoms with van der Waals surface area (Å²) in [5, 5.41) is 11.9. The van der Waals surface area contributed by atoms with E-state index in [0.717, 1.165) is 0 Å². The summed E-state index contributed by atoms with van der Waals surface area (Å²) in [5.41, 5.74) is 0.488. The molecular weight excluding hydrogens is 292 g/mol. The van der Waals surface area contributed by atoms with Gasteiger partial charge in [0.2, 0.25) is 10.0 Å². The molecule has 0 aliphatic heterocycles. The van der Waals surface area contributed by atoms with Gasteiger partial charge in [-0.05, 0) is 18.1 Å². The number of hydrogen-bond donors (Lipinski definition) is 3. The number of aliphatic carboxylic acids is 1. The van der Waals surface area contributed by atoms with Crippen molar-refractivity contribution in [2.75, 3.05) is 18.4 Å². The number of carbonyl (C=O) groups is 1. The van der Waals surface area contributed by atoms with E-state index in [1.807, 2.05) is 6.92 Å². The first-order chi connectivity index (χ1) is 9.90. The molecule has 0 saturated heterocycles. The molecule has 6 nitrogen and oxygen atoms in total. The van der Waals surface area contributed by atoms with E-state index < -0.39 is 16.0 Å². The number of anilines is 1. The van der Waals surface area contributed by atoms with Crippen LogP contribution in [0.25, 0.3) is 0 Å². The SMILES string of the molecule is CCNS(=O)(=O)c1ccccc1NCC(CC)CC(=O)O. The Kier molecular flexibility index (Phi) is 6.64. The van der Waals surface area contributed by atoms with Crippen LogP contribution >= 0.6 is 0 Å². The van der Waals surface area contributed by atoms with E-state index in [2.05, 4.69) is 10.0 Å². The maximum Gasteiger partial charge on any atom is 0.303 e. The van der Waals surface area contributed by atoms with Gasteiger partial charge < -0.3 is 10.4 Å². The Hall–Kier alpha value is -1.60.